The fraction of sp³-hybridized carbons (Fsp3) is 0.400. The molecule has 90 valence electrons. The molecule has 2 N–H and O–H groups in total. The normalized spacial score (nSPS) is 10.5. The molecule has 0 spiro atoms. The van der Waals surface area contributed by atoms with Gasteiger partial charge in [-0.05, 0) is 13.8 Å². The highest BCUT2D eigenvalue weighted by Crippen LogP contribution is 2.15. The first-order chi connectivity index (χ1) is 8.16. The second-order valence-electron chi connectivity index (χ2n) is 3.77. The predicted octanol–water partition coefficient (Wildman–Crippen LogP) is 0.647. The maximum atomic E-state index is 11.7. The van der Waals surface area contributed by atoms with Crippen LogP contribution in [0.5, 0.6) is 0 Å². The Morgan fingerprint density at radius 2 is 2.35 bits per heavy atom. The van der Waals surface area contributed by atoms with Crippen molar-refractivity contribution >= 4 is 11.6 Å². The van der Waals surface area contributed by atoms with Gasteiger partial charge < -0.3 is 5.32 Å². The molecule has 2 heterocycles. The SMILES string of the molecule is Cc1n[nH]c(C)c1NC(=O)CCn1ccnn1. The van der Waals surface area contributed by atoms with Gasteiger partial charge in [0.1, 0.15) is 0 Å². The largest absolute Gasteiger partial charge is 0.323 e. The second kappa shape index (κ2) is 4.77. The number of rotatable bonds is 4. The molecular weight excluding hydrogens is 220 g/mol. The minimum absolute atomic E-state index is 0.0619. The number of anilines is 1. The third kappa shape index (κ3) is 2.68. The van der Waals surface area contributed by atoms with Crippen LogP contribution in [-0.2, 0) is 11.3 Å². The lowest BCUT2D eigenvalue weighted by molar-refractivity contribution is -0.116. The molecule has 2 rings (SSSR count). The zero-order valence-electron chi connectivity index (χ0n) is 9.77. The van der Waals surface area contributed by atoms with Crippen LogP contribution in [0.4, 0.5) is 5.69 Å². The molecule has 0 fully saturated rings. The molecule has 0 saturated carbocycles. The van der Waals surface area contributed by atoms with E-state index in [1.807, 2.05) is 13.8 Å². The van der Waals surface area contributed by atoms with E-state index >= 15 is 0 Å². The highest BCUT2D eigenvalue weighted by molar-refractivity contribution is 5.91. The molecule has 17 heavy (non-hydrogen) atoms. The topological polar surface area (TPSA) is 88.5 Å². The molecule has 0 atom stereocenters. The van der Waals surface area contributed by atoms with Crippen LogP contribution in [0.25, 0.3) is 0 Å². The van der Waals surface area contributed by atoms with Gasteiger partial charge in [-0.15, -0.1) is 5.10 Å². The molecule has 0 aliphatic heterocycles. The number of H-pyrrole nitrogens is 1. The Hall–Kier alpha value is -2.18. The summed E-state index contributed by atoms with van der Waals surface area (Å²) in [5.74, 6) is -0.0619. The quantitative estimate of drug-likeness (QED) is 0.812. The number of carbonyl (C=O) groups excluding carboxylic acids is 1. The van der Waals surface area contributed by atoms with Crippen LogP contribution in [-0.4, -0.2) is 31.1 Å². The molecule has 1 amide bonds. The fourth-order valence-corrected chi connectivity index (χ4v) is 1.51. The fourth-order valence-electron chi connectivity index (χ4n) is 1.51. The van der Waals surface area contributed by atoms with E-state index in [4.69, 9.17) is 0 Å². The summed E-state index contributed by atoms with van der Waals surface area (Å²) in [6.07, 6.45) is 3.66. The summed E-state index contributed by atoms with van der Waals surface area (Å²) in [4.78, 5) is 11.7. The number of carbonyl (C=O) groups is 1. The average molecular weight is 234 g/mol. The van der Waals surface area contributed by atoms with E-state index in [2.05, 4.69) is 25.8 Å². The van der Waals surface area contributed by atoms with E-state index in [1.165, 1.54) is 0 Å². The highest BCUT2D eigenvalue weighted by Gasteiger charge is 2.10. The van der Waals surface area contributed by atoms with Gasteiger partial charge in [0, 0.05) is 12.6 Å². The average Bonchev–Trinajstić information content (AvgIpc) is 2.91. The van der Waals surface area contributed by atoms with Crippen molar-refractivity contribution in [2.75, 3.05) is 5.32 Å². The molecule has 7 heteroatoms. The molecule has 0 bridgehead atoms. The molecule has 0 aliphatic rings. The molecular formula is C10H14N6O. The van der Waals surface area contributed by atoms with E-state index in [0.29, 0.717) is 13.0 Å². The smallest absolute Gasteiger partial charge is 0.226 e. The molecule has 0 radical (unpaired) electrons. The van der Waals surface area contributed by atoms with E-state index in [0.717, 1.165) is 17.1 Å². The van der Waals surface area contributed by atoms with Crippen LogP contribution in [0.3, 0.4) is 0 Å². The van der Waals surface area contributed by atoms with Gasteiger partial charge in [0.15, 0.2) is 0 Å². The summed E-state index contributed by atoms with van der Waals surface area (Å²) < 4.78 is 1.62. The van der Waals surface area contributed by atoms with Crippen molar-refractivity contribution in [1.29, 1.82) is 0 Å². The second-order valence-corrected chi connectivity index (χ2v) is 3.77. The molecule has 0 aromatic carbocycles. The highest BCUT2D eigenvalue weighted by atomic mass is 16.1. The summed E-state index contributed by atoms with van der Waals surface area (Å²) in [5.41, 5.74) is 2.40. The Kier molecular flexibility index (Phi) is 3.17. The van der Waals surface area contributed by atoms with E-state index in [1.54, 1.807) is 17.1 Å². The summed E-state index contributed by atoms with van der Waals surface area (Å²) in [5, 5.41) is 17.1. The molecule has 0 unspecified atom stereocenters. The van der Waals surface area contributed by atoms with Crippen LogP contribution in [0.1, 0.15) is 17.8 Å². The minimum Gasteiger partial charge on any atom is -0.323 e. The number of aromatic nitrogens is 5. The zero-order chi connectivity index (χ0) is 12.3. The van der Waals surface area contributed by atoms with Crippen molar-refractivity contribution in [1.82, 2.24) is 25.2 Å². The lowest BCUT2D eigenvalue weighted by Crippen LogP contribution is -2.15. The van der Waals surface area contributed by atoms with Crippen molar-refractivity contribution in [3.63, 3.8) is 0 Å². The molecule has 7 nitrogen and oxygen atoms in total. The summed E-state index contributed by atoms with van der Waals surface area (Å²) in [7, 11) is 0. The Morgan fingerprint density at radius 1 is 1.53 bits per heavy atom. The van der Waals surface area contributed by atoms with E-state index in [9.17, 15) is 4.79 Å². The van der Waals surface area contributed by atoms with Crippen molar-refractivity contribution < 1.29 is 4.79 Å². The number of aryl methyl sites for hydroxylation is 3. The summed E-state index contributed by atoms with van der Waals surface area (Å²) in [6.45, 7) is 4.23. The summed E-state index contributed by atoms with van der Waals surface area (Å²) in [6, 6.07) is 0. The maximum absolute atomic E-state index is 11.7. The number of hydrogen-bond donors (Lipinski definition) is 2. The standard InChI is InChI=1S/C10H14N6O/c1-7-10(8(2)14-13-7)12-9(17)3-5-16-6-4-11-15-16/h4,6H,3,5H2,1-2H3,(H,12,17)(H,13,14). The molecule has 0 saturated heterocycles. The van der Waals surface area contributed by atoms with Gasteiger partial charge in [-0.3, -0.25) is 14.6 Å². The number of hydrogen-bond acceptors (Lipinski definition) is 4. The van der Waals surface area contributed by atoms with Gasteiger partial charge in [-0.1, -0.05) is 5.21 Å². The molecule has 2 aromatic rings. The van der Waals surface area contributed by atoms with E-state index < -0.39 is 0 Å². The van der Waals surface area contributed by atoms with Crippen LogP contribution < -0.4 is 5.32 Å². The predicted molar refractivity (Wildman–Crippen MR) is 61.3 cm³/mol. The Labute approximate surface area is 98.2 Å². The lowest BCUT2D eigenvalue weighted by Gasteiger charge is -2.04. The number of aromatic amines is 1. The van der Waals surface area contributed by atoms with Gasteiger partial charge in [0.25, 0.3) is 0 Å². The third-order valence-corrected chi connectivity index (χ3v) is 2.43. The Bertz CT molecular complexity index is 481. The zero-order valence-corrected chi connectivity index (χ0v) is 9.77. The van der Waals surface area contributed by atoms with Crippen LogP contribution in [0, 0.1) is 13.8 Å². The van der Waals surface area contributed by atoms with Crippen molar-refractivity contribution in [2.24, 2.45) is 0 Å². The minimum atomic E-state index is -0.0619. The summed E-state index contributed by atoms with van der Waals surface area (Å²) >= 11 is 0. The lowest BCUT2D eigenvalue weighted by atomic mass is 10.3. The van der Waals surface area contributed by atoms with Crippen molar-refractivity contribution in [3.8, 4) is 0 Å². The number of nitrogens with zero attached hydrogens (tertiary/aromatic N) is 4. The van der Waals surface area contributed by atoms with Crippen LogP contribution in [0.15, 0.2) is 12.4 Å². The van der Waals surface area contributed by atoms with Crippen LogP contribution in [0.2, 0.25) is 0 Å². The van der Waals surface area contributed by atoms with E-state index in [-0.39, 0.29) is 5.91 Å². The van der Waals surface area contributed by atoms with Gasteiger partial charge >= 0.3 is 0 Å². The number of amides is 1. The first-order valence-electron chi connectivity index (χ1n) is 5.32. The van der Waals surface area contributed by atoms with Gasteiger partial charge in [-0.2, -0.15) is 5.10 Å². The monoisotopic (exact) mass is 234 g/mol. The number of nitrogens with one attached hydrogen (secondary N) is 2. The van der Waals surface area contributed by atoms with Crippen molar-refractivity contribution in [3.05, 3.63) is 23.8 Å². The maximum Gasteiger partial charge on any atom is 0.226 e. The Morgan fingerprint density at radius 3 is 2.94 bits per heavy atom. The van der Waals surface area contributed by atoms with Crippen LogP contribution >= 0.6 is 0 Å². The van der Waals surface area contributed by atoms with Gasteiger partial charge in [0.05, 0.1) is 29.8 Å². The van der Waals surface area contributed by atoms with Gasteiger partial charge in [0.2, 0.25) is 5.91 Å². The first-order valence-corrected chi connectivity index (χ1v) is 5.32. The third-order valence-electron chi connectivity index (χ3n) is 2.43. The first kappa shape index (κ1) is 11.3. The van der Waals surface area contributed by atoms with Gasteiger partial charge in [-0.25, -0.2) is 0 Å². The molecule has 0 aliphatic carbocycles. The van der Waals surface area contributed by atoms with Crippen molar-refractivity contribution in [2.45, 2.75) is 26.8 Å². The molecule has 2 aromatic heterocycles. The Balaban J connectivity index is 1.89.